The van der Waals surface area contributed by atoms with Crippen LogP contribution in [-0.2, 0) is 4.79 Å². The molecule has 0 aromatic carbocycles. The van der Waals surface area contributed by atoms with Crippen molar-refractivity contribution in [2.45, 2.75) is 13.8 Å². The van der Waals surface area contributed by atoms with Crippen LogP contribution in [0.5, 0.6) is 0 Å². The maximum Gasteiger partial charge on any atom is 0.324 e. The van der Waals surface area contributed by atoms with Crippen molar-refractivity contribution in [3.8, 4) is 0 Å². The number of carbonyl (C=O) groups is 1. The third kappa shape index (κ3) is 2.50. The molecule has 74 valence electrons. The number of nitrogens with zero attached hydrogens (tertiary/aromatic N) is 1. The molecule has 1 aromatic rings. The van der Waals surface area contributed by atoms with Crippen LogP contribution in [0.1, 0.15) is 18.7 Å². The standard InChI is InChI=1S/C9H9NO3S/c1-6(7(2)11)5-8-3-4-9(14-8)10(12)13/h3-5H,1-2H3/b6-5+. The van der Waals surface area contributed by atoms with E-state index in [0.717, 1.165) is 16.2 Å². The first-order chi connectivity index (χ1) is 6.50. The van der Waals surface area contributed by atoms with Gasteiger partial charge in [-0.25, -0.2) is 0 Å². The third-order valence-corrected chi connectivity index (χ3v) is 2.69. The Morgan fingerprint density at radius 1 is 1.50 bits per heavy atom. The van der Waals surface area contributed by atoms with Gasteiger partial charge in [0.1, 0.15) is 0 Å². The van der Waals surface area contributed by atoms with E-state index < -0.39 is 4.92 Å². The highest BCUT2D eigenvalue weighted by molar-refractivity contribution is 7.16. The van der Waals surface area contributed by atoms with Gasteiger partial charge in [0.15, 0.2) is 5.78 Å². The van der Waals surface area contributed by atoms with Gasteiger partial charge in [0.05, 0.1) is 4.92 Å². The van der Waals surface area contributed by atoms with Crippen molar-refractivity contribution in [1.29, 1.82) is 0 Å². The summed E-state index contributed by atoms with van der Waals surface area (Å²) in [5, 5.41) is 10.5. The van der Waals surface area contributed by atoms with Crippen molar-refractivity contribution < 1.29 is 9.72 Å². The molecule has 0 aliphatic heterocycles. The van der Waals surface area contributed by atoms with E-state index in [4.69, 9.17) is 0 Å². The van der Waals surface area contributed by atoms with Crippen LogP contribution in [0.25, 0.3) is 6.08 Å². The zero-order valence-electron chi connectivity index (χ0n) is 7.81. The second-order valence-corrected chi connectivity index (χ2v) is 3.91. The van der Waals surface area contributed by atoms with Crippen LogP contribution in [0.15, 0.2) is 17.7 Å². The van der Waals surface area contributed by atoms with E-state index in [2.05, 4.69) is 0 Å². The van der Waals surface area contributed by atoms with E-state index in [1.807, 2.05) is 0 Å². The fraction of sp³-hybridized carbons (Fsp3) is 0.222. The molecule has 0 atom stereocenters. The van der Waals surface area contributed by atoms with Gasteiger partial charge < -0.3 is 0 Å². The van der Waals surface area contributed by atoms with Crippen LogP contribution in [0.3, 0.4) is 0 Å². The van der Waals surface area contributed by atoms with E-state index in [1.54, 1.807) is 19.1 Å². The number of hydrogen-bond acceptors (Lipinski definition) is 4. The minimum absolute atomic E-state index is 0.0268. The maximum absolute atomic E-state index is 10.9. The molecule has 4 nitrogen and oxygen atoms in total. The van der Waals surface area contributed by atoms with Crippen molar-refractivity contribution in [3.63, 3.8) is 0 Å². The van der Waals surface area contributed by atoms with E-state index >= 15 is 0 Å². The lowest BCUT2D eigenvalue weighted by molar-refractivity contribution is -0.380. The average molecular weight is 211 g/mol. The molecular formula is C9H9NO3S. The highest BCUT2D eigenvalue weighted by Gasteiger charge is 2.08. The fourth-order valence-electron chi connectivity index (χ4n) is 0.833. The summed E-state index contributed by atoms with van der Waals surface area (Å²) in [5.74, 6) is -0.0268. The van der Waals surface area contributed by atoms with E-state index in [0.29, 0.717) is 5.57 Å². The second-order valence-electron chi connectivity index (χ2n) is 2.82. The monoisotopic (exact) mass is 211 g/mol. The van der Waals surface area contributed by atoms with Crippen LogP contribution >= 0.6 is 11.3 Å². The number of Topliss-reactive ketones (excluding diaryl/α,β-unsaturated/α-hetero) is 1. The molecule has 0 amide bonds. The minimum atomic E-state index is -0.439. The Labute approximate surface area is 85.0 Å². The van der Waals surface area contributed by atoms with Crippen molar-refractivity contribution in [3.05, 3.63) is 32.7 Å². The summed E-state index contributed by atoms with van der Waals surface area (Å²) in [5.41, 5.74) is 0.599. The average Bonchev–Trinajstić information content (AvgIpc) is 2.52. The topological polar surface area (TPSA) is 60.2 Å². The maximum atomic E-state index is 10.9. The van der Waals surface area contributed by atoms with Crippen molar-refractivity contribution >= 4 is 28.2 Å². The Bertz CT molecular complexity index is 406. The van der Waals surface area contributed by atoms with E-state index in [9.17, 15) is 14.9 Å². The number of hydrogen-bond donors (Lipinski definition) is 0. The van der Waals surface area contributed by atoms with Gasteiger partial charge in [-0.2, -0.15) is 0 Å². The number of allylic oxidation sites excluding steroid dienone is 1. The Kier molecular flexibility index (Phi) is 3.14. The molecule has 0 fully saturated rings. The molecule has 0 unspecified atom stereocenters. The van der Waals surface area contributed by atoms with Crippen LogP contribution in [0.2, 0.25) is 0 Å². The Hall–Kier alpha value is -1.49. The predicted molar refractivity (Wildman–Crippen MR) is 55.3 cm³/mol. The van der Waals surface area contributed by atoms with Crippen molar-refractivity contribution in [2.24, 2.45) is 0 Å². The molecule has 0 saturated heterocycles. The van der Waals surface area contributed by atoms with Crippen LogP contribution < -0.4 is 0 Å². The quantitative estimate of drug-likeness (QED) is 0.438. The molecule has 0 radical (unpaired) electrons. The molecule has 5 heteroatoms. The summed E-state index contributed by atoms with van der Waals surface area (Å²) < 4.78 is 0. The normalized spacial score (nSPS) is 11.4. The largest absolute Gasteiger partial charge is 0.324 e. The number of ketones is 1. The van der Waals surface area contributed by atoms with Gasteiger partial charge in [-0.1, -0.05) is 11.3 Å². The smallest absolute Gasteiger partial charge is 0.295 e. The zero-order chi connectivity index (χ0) is 10.7. The molecule has 1 heterocycles. The Morgan fingerprint density at radius 3 is 2.57 bits per heavy atom. The third-order valence-electron chi connectivity index (χ3n) is 1.71. The van der Waals surface area contributed by atoms with Gasteiger partial charge in [0.2, 0.25) is 0 Å². The van der Waals surface area contributed by atoms with Gasteiger partial charge in [0, 0.05) is 10.9 Å². The SMILES string of the molecule is CC(=O)/C(C)=C/c1ccc([N+](=O)[O-])s1. The van der Waals surface area contributed by atoms with Gasteiger partial charge in [-0.05, 0) is 31.6 Å². The van der Waals surface area contributed by atoms with Crippen LogP contribution in [-0.4, -0.2) is 10.7 Å². The molecule has 1 aromatic heterocycles. The molecule has 0 aliphatic rings. The van der Waals surface area contributed by atoms with Gasteiger partial charge in [-0.15, -0.1) is 0 Å². The Balaban J connectivity index is 2.93. The molecule has 14 heavy (non-hydrogen) atoms. The molecule has 0 N–H and O–H groups in total. The van der Waals surface area contributed by atoms with Gasteiger partial charge in [0.25, 0.3) is 0 Å². The predicted octanol–water partition coefficient (Wildman–Crippen LogP) is 2.65. The number of thiophene rings is 1. The molecule has 0 bridgehead atoms. The lowest BCUT2D eigenvalue weighted by atomic mass is 10.2. The number of nitro groups is 1. The molecular weight excluding hydrogens is 202 g/mol. The van der Waals surface area contributed by atoms with Crippen LogP contribution in [0.4, 0.5) is 5.00 Å². The second kappa shape index (κ2) is 4.15. The molecule has 0 saturated carbocycles. The highest BCUT2D eigenvalue weighted by atomic mass is 32.1. The summed E-state index contributed by atoms with van der Waals surface area (Å²) in [7, 11) is 0. The lowest BCUT2D eigenvalue weighted by Crippen LogP contribution is -1.89. The molecule has 1 rings (SSSR count). The lowest BCUT2D eigenvalue weighted by Gasteiger charge is -1.90. The molecule has 0 aliphatic carbocycles. The van der Waals surface area contributed by atoms with Gasteiger partial charge >= 0.3 is 5.00 Å². The first-order valence-electron chi connectivity index (χ1n) is 3.94. The zero-order valence-corrected chi connectivity index (χ0v) is 8.63. The first-order valence-corrected chi connectivity index (χ1v) is 4.76. The first kappa shape index (κ1) is 10.6. The van der Waals surface area contributed by atoms with E-state index in [1.165, 1.54) is 13.0 Å². The highest BCUT2D eigenvalue weighted by Crippen LogP contribution is 2.25. The van der Waals surface area contributed by atoms with Crippen molar-refractivity contribution in [1.82, 2.24) is 0 Å². The number of carbonyl (C=O) groups excluding carboxylic acids is 1. The Morgan fingerprint density at radius 2 is 2.14 bits per heavy atom. The summed E-state index contributed by atoms with van der Waals surface area (Å²) in [6.45, 7) is 3.15. The molecule has 0 spiro atoms. The van der Waals surface area contributed by atoms with Crippen LogP contribution in [0, 0.1) is 10.1 Å². The minimum Gasteiger partial charge on any atom is -0.295 e. The summed E-state index contributed by atoms with van der Waals surface area (Å²) >= 11 is 1.06. The van der Waals surface area contributed by atoms with E-state index in [-0.39, 0.29) is 10.8 Å². The summed E-state index contributed by atoms with van der Waals surface area (Å²) in [6.07, 6.45) is 1.65. The fourth-order valence-corrected chi connectivity index (χ4v) is 1.66. The van der Waals surface area contributed by atoms with Gasteiger partial charge in [-0.3, -0.25) is 14.9 Å². The summed E-state index contributed by atoms with van der Waals surface area (Å²) in [6, 6.07) is 3.07. The van der Waals surface area contributed by atoms with Crippen molar-refractivity contribution in [2.75, 3.05) is 0 Å². The number of rotatable bonds is 3. The summed E-state index contributed by atoms with van der Waals surface area (Å²) in [4.78, 5) is 21.5.